The minimum absolute atomic E-state index is 0.302. The molecule has 0 aliphatic carbocycles. The Labute approximate surface area is 84.8 Å². The van der Waals surface area contributed by atoms with E-state index >= 15 is 0 Å². The molecule has 0 saturated heterocycles. The number of esters is 1. The highest BCUT2D eigenvalue weighted by molar-refractivity contribution is 6.40. The summed E-state index contributed by atoms with van der Waals surface area (Å²) in [6.07, 6.45) is 3.23. The second-order valence-corrected chi connectivity index (χ2v) is 2.87. The summed E-state index contributed by atoms with van der Waals surface area (Å²) >= 11 is 0. The minimum atomic E-state index is -0.831. The average molecular weight is 196 g/mol. The van der Waals surface area contributed by atoms with Gasteiger partial charge in [-0.05, 0) is 18.8 Å². The first kappa shape index (κ1) is 12.7. The lowest BCUT2D eigenvalue weighted by molar-refractivity contribution is -0.151. The van der Waals surface area contributed by atoms with Crippen LogP contribution in [-0.2, 0) is 14.3 Å². The van der Waals surface area contributed by atoms with Crippen molar-refractivity contribution in [1.82, 2.24) is 0 Å². The Morgan fingerprint density at radius 2 is 1.93 bits per heavy atom. The molecule has 0 spiro atoms. The number of hydrogen-bond acceptors (Lipinski definition) is 3. The molecule has 0 rings (SSSR count). The van der Waals surface area contributed by atoms with Gasteiger partial charge in [0.1, 0.15) is 0 Å². The predicted octanol–water partition coefficient (Wildman–Crippen LogP) is 1.70. The molecule has 78 valence electrons. The predicted molar refractivity (Wildman–Crippen MR) is 53.6 cm³/mol. The van der Waals surface area contributed by atoms with Crippen molar-refractivity contribution in [2.45, 2.75) is 39.5 Å². The van der Waals surface area contributed by atoms with E-state index in [0.29, 0.717) is 13.0 Å². The van der Waals surface area contributed by atoms with E-state index in [-0.39, 0.29) is 0 Å². The first-order valence-corrected chi connectivity index (χ1v) is 4.92. The van der Waals surface area contributed by atoms with Gasteiger partial charge < -0.3 is 4.74 Å². The third-order valence-electron chi connectivity index (χ3n) is 1.49. The summed E-state index contributed by atoms with van der Waals surface area (Å²) < 4.78 is 4.68. The maximum atomic E-state index is 11.0. The molecule has 0 unspecified atom stereocenters. The highest BCUT2D eigenvalue weighted by Gasteiger charge is 2.11. The Kier molecular flexibility index (Phi) is 7.53. The molecular weight excluding hydrogens is 180 g/mol. The Bertz CT molecular complexity index is 245. The van der Waals surface area contributed by atoms with Gasteiger partial charge in [-0.15, -0.1) is 0 Å². The van der Waals surface area contributed by atoms with Gasteiger partial charge in [0.2, 0.25) is 0 Å². The maximum Gasteiger partial charge on any atom is 0.388 e. The van der Waals surface area contributed by atoms with Gasteiger partial charge >= 0.3 is 11.8 Å². The molecule has 0 N–H and O–H groups in total. The lowest BCUT2D eigenvalue weighted by atomic mass is 10.3. The summed E-state index contributed by atoms with van der Waals surface area (Å²) in [7, 11) is 0. The van der Waals surface area contributed by atoms with Gasteiger partial charge in [-0.1, -0.05) is 26.2 Å². The number of hydrogen-bond donors (Lipinski definition) is 0. The molecule has 3 nitrogen and oxygen atoms in total. The quantitative estimate of drug-likeness (QED) is 0.221. The van der Waals surface area contributed by atoms with E-state index in [1.54, 1.807) is 0 Å². The fourth-order valence-electron chi connectivity index (χ4n) is 0.694. The summed E-state index contributed by atoms with van der Waals surface area (Å²) in [6, 6.07) is 0. The molecule has 0 aromatic heterocycles. The Hall–Kier alpha value is -1.30. The third-order valence-corrected chi connectivity index (χ3v) is 1.49. The van der Waals surface area contributed by atoms with Crippen LogP contribution in [0.1, 0.15) is 39.5 Å². The highest BCUT2D eigenvalue weighted by atomic mass is 16.5. The van der Waals surface area contributed by atoms with E-state index in [0.717, 1.165) is 19.3 Å². The van der Waals surface area contributed by atoms with Crippen LogP contribution in [0.2, 0.25) is 0 Å². The number of carbonyl (C=O) groups is 2. The molecule has 0 heterocycles. The average Bonchev–Trinajstić information content (AvgIpc) is 2.18. The summed E-state index contributed by atoms with van der Waals surface area (Å²) in [5.74, 6) is 3.28. The number of carbonyl (C=O) groups excluding carboxylic acids is 2. The van der Waals surface area contributed by atoms with Crippen molar-refractivity contribution in [3.63, 3.8) is 0 Å². The molecule has 0 radical (unpaired) electrons. The molecule has 0 aromatic rings. The van der Waals surface area contributed by atoms with Crippen LogP contribution in [0.5, 0.6) is 0 Å². The molecule has 14 heavy (non-hydrogen) atoms. The van der Waals surface area contributed by atoms with Crippen LogP contribution >= 0.6 is 0 Å². The SMILES string of the molecule is CCCC#CC(=O)C(=O)OCCCC. The largest absolute Gasteiger partial charge is 0.459 e. The molecule has 0 aliphatic rings. The number of ether oxygens (including phenoxy) is 1. The van der Waals surface area contributed by atoms with Crippen molar-refractivity contribution in [2.75, 3.05) is 6.61 Å². The monoisotopic (exact) mass is 196 g/mol. The van der Waals surface area contributed by atoms with Crippen molar-refractivity contribution in [3.8, 4) is 11.8 Å². The Balaban J connectivity index is 3.78. The van der Waals surface area contributed by atoms with Crippen molar-refractivity contribution in [2.24, 2.45) is 0 Å². The van der Waals surface area contributed by atoms with E-state index in [2.05, 4.69) is 16.6 Å². The second kappa shape index (κ2) is 8.31. The van der Waals surface area contributed by atoms with Crippen molar-refractivity contribution >= 4 is 11.8 Å². The first-order chi connectivity index (χ1) is 6.72. The summed E-state index contributed by atoms with van der Waals surface area (Å²) in [5, 5.41) is 0. The van der Waals surface area contributed by atoms with E-state index < -0.39 is 11.8 Å². The van der Waals surface area contributed by atoms with E-state index in [4.69, 9.17) is 0 Å². The standard InChI is InChI=1S/C11H16O3/c1-3-5-7-8-10(12)11(13)14-9-6-4-2/h3-6,9H2,1-2H3. The molecule has 0 amide bonds. The number of rotatable bonds is 5. The minimum Gasteiger partial charge on any atom is -0.459 e. The zero-order chi connectivity index (χ0) is 10.8. The van der Waals surface area contributed by atoms with Crippen LogP contribution in [0.15, 0.2) is 0 Å². The van der Waals surface area contributed by atoms with Crippen molar-refractivity contribution in [3.05, 3.63) is 0 Å². The molecule has 0 aliphatic heterocycles. The molecule has 0 aromatic carbocycles. The van der Waals surface area contributed by atoms with Gasteiger partial charge in [-0.2, -0.15) is 0 Å². The lowest BCUT2D eigenvalue weighted by Crippen LogP contribution is -2.16. The van der Waals surface area contributed by atoms with Crippen LogP contribution in [0.25, 0.3) is 0 Å². The number of unbranched alkanes of at least 4 members (excludes halogenated alkanes) is 2. The normalized spacial score (nSPS) is 8.71. The summed E-state index contributed by atoms with van der Waals surface area (Å²) in [4.78, 5) is 21.9. The Morgan fingerprint density at radius 3 is 2.50 bits per heavy atom. The van der Waals surface area contributed by atoms with Gasteiger partial charge in [-0.25, -0.2) is 4.79 Å². The summed E-state index contributed by atoms with van der Waals surface area (Å²) in [5.41, 5.74) is 0. The van der Waals surface area contributed by atoms with E-state index in [9.17, 15) is 9.59 Å². The zero-order valence-corrected chi connectivity index (χ0v) is 8.76. The van der Waals surface area contributed by atoms with Gasteiger partial charge in [-0.3, -0.25) is 4.79 Å². The van der Waals surface area contributed by atoms with E-state index in [1.165, 1.54) is 0 Å². The summed E-state index contributed by atoms with van der Waals surface area (Å²) in [6.45, 7) is 4.24. The van der Waals surface area contributed by atoms with Crippen LogP contribution < -0.4 is 0 Å². The van der Waals surface area contributed by atoms with Gasteiger partial charge in [0.25, 0.3) is 0 Å². The lowest BCUT2D eigenvalue weighted by Gasteiger charge is -1.98. The second-order valence-electron chi connectivity index (χ2n) is 2.87. The Morgan fingerprint density at radius 1 is 1.21 bits per heavy atom. The van der Waals surface area contributed by atoms with Gasteiger partial charge in [0.15, 0.2) is 0 Å². The van der Waals surface area contributed by atoms with Gasteiger partial charge in [0, 0.05) is 6.42 Å². The fraction of sp³-hybridized carbons (Fsp3) is 0.636. The third kappa shape index (κ3) is 6.24. The molecule has 3 heteroatoms. The fourth-order valence-corrected chi connectivity index (χ4v) is 0.694. The zero-order valence-electron chi connectivity index (χ0n) is 8.76. The first-order valence-electron chi connectivity index (χ1n) is 4.92. The van der Waals surface area contributed by atoms with Crippen LogP contribution in [0.4, 0.5) is 0 Å². The smallest absolute Gasteiger partial charge is 0.388 e. The highest BCUT2D eigenvalue weighted by Crippen LogP contribution is 1.89. The molecule has 0 fully saturated rings. The molecule has 0 atom stereocenters. The van der Waals surface area contributed by atoms with Crippen LogP contribution in [-0.4, -0.2) is 18.4 Å². The van der Waals surface area contributed by atoms with E-state index in [1.807, 2.05) is 13.8 Å². The van der Waals surface area contributed by atoms with Crippen LogP contribution in [0.3, 0.4) is 0 Å². The molecule has 0 saturated carbocycles. The molecular formula is C11H16O3. The van der Waals surface area contributed by atoms with Crippen LogP contribution in [0, 0.1) is 11.8 Å². The number of ketones is 1. The maximum absolute atomic E-state index is 11.0. The molecule has 0 bridgehead atoms. The topological polar surface area (TPSA) is 43.4 Å². The number of Topliss-reactive ketones (excluding diaryl/α,β-unsaturated/α-hetero) is 1. The van der Waals surface area contributed by atoms with Crippen molar-refractivity contribution < 1.29 is 14.3 Å². The van der Waals surface area contributed by atoms with Crippen molar-refractivity contribution in [1.29, 1.82) is 0 Å². The van der Waals surface area contributed by atoms with Gasteiger partial charge in [0.05, 0.1) is 6.61 Å².